The van der Waals surface area contributed by atoms with E-state index in [-0.39, 0.29) is 0 Å². The molecule has 3 rings (SSSR count). The van der Waals surface area contributed by atoms with E-state index in [0.717, 1.165) is 34.5 Å². The van der Waals surface area contributed by atoms with Crippen LogP contribution in [0.3, 0.4) is 0 Å². The van der Waals surface area contributed by atoms with Gasteiger partial charge in [-0.05, 0) is 62.2 Å². The molecule has 2 aromatic carbocycles. The van der Waals surface area contributed by atoms with E-state index >= 15 is 0 Å². The Morgan fingerprint density at radius 2 is 1.75 bits per heavy atom. The highest BCUT2D eigenvalue weighted by atomic mass is 79.9. The fourth-order valence-corrected chi connectivity index (χ4v) is 5.20. The van der Waals surface area contributed by atoms with E-state index in [0.29, 0.717) is 5.02 Å². The molecule has 0 saturated heterocycles. The summed E-state index contributed by atoms with van der Waals surface area (Å²) in [5, 5.41) is 4.85. The molecule has 0 atom stereocenters. The van der Waals surface area contributed by atoms with Gasteiger partial charge in [0.1, 0.15) is 0 Å². The van der Waals surface area contributed by atoms with Crippen LogP contribution < -0.4 is 5.32 Å². The van der Waals surface area contributed by atoms with Gasteiger partial charge < -0.3 is 5.32 Å². The average molecular weight is 497 g/mol. The maximum atomic E-state index is 5.98. The molecule has 0 saturated carbocycles. The molecule has 3 aromatic rings. The van der Waals surface area contributed by atoms with Crippen LogP contribution in [0.5, 0.6) is 0 Å². The highest BCUT2D eigenvalue weighted by Gasteiger charge is 2.10. The summed E-state index contributed by atoms with van der Waals surface area (Å²) in [6.45, 7) is 0. The van der Waals surface area contributed by atoms with Crippen molar-refractivity contribution in [1.29, 1.82) is 0 Å². The molecule has 1 N–H and O–H groups in total. The number of fused-ring (bicyclic) bond motifs is 1. The van der Waals surface area contributed by atoms with E-state index in [1.54, 1.807) is 11.3 Å². The maximum Gasteiger partial charge on any atom is 0.188 e. The molecule has 0 aliphatic heterocycles. The van der Waals surface area contributed by atoms with Crippen molar-refractivity contribution in [3.05, 3.63) is 48.8 Å². The van der Waals surface area contributed by atoms with Crippen molar-refractivity contribution in [1.82, 2.24) is 4.98 Å². The molecule has 1 heterocycles. The van der Waals surface area contributed by atoms with Gasteiger partial charge in [0.15, 0.2) is 5.13 Å². The average Bonchev–Trinajstić information content (AvgIpc) is 2.75. The number of aromatic nitrogens is 1. The van der Waals surface area contributed by atoms with Crippen LogP contribution >= 0.6 is 70.7 Å². The second-order valence-electron chi connectivity index (χ2n) is 4.00. The topological polar surface area (TPSA) is 24.9 Å². The van der Waals surface area contributed by atoms with Crippen LogP contribution in [0.4, 0.5) is 10.8 Å². The summed E-state index contributed by atoms with van der Waals surface area (Å²) in [6.07, 6.45) is 0. The summed E-state index contributed by atoms with van der Waals surface area (Å²) < 4.78 is 4.01. The highest BCUT2D eigenvalue weighted by molar-refractivity contribution is 9.11. The Kier molecular flexibility index (Phi) is 4.38. The number of hydrogen-bond donors (Lipinski definition) is 1. The van der Waals surface area contributed by atoms with E-state index in [9.17, 15) is 0 Å². The number of rotatable bonds is 2. The Balaban J connectivity index is 2.01. The van der Waals surface area contributed by atoms with Crippen LogP contribution in [0.25, 0.3) is 10.2 Å². The summed E-state index contributed by atoms with van der Waals surface area (Å²) in [5.74, 6) is 0. The predicted molar refractivity (Wildman–Crippen MR) is 97.5 cm³/mol. The van der Waals surface area contributed by atoms with Crippen LogP contribution in [-0.2, 0) is 0 Å². The third kappa shape index (κ3) is 3.04. The summed E-state index contributed by atoms with van der Waals surface area (Å²) in [4.78, 5) is 4.54. The second kappa shape index (κ2) is 5.93. The molecule has 0 amide bonds. The van der Waals surface area contributed by atoms with Gasteiger partial charge in [0, 0.05) is 18.4 Å². The first-order valence-corrected chi connectivity index (χ1v) is 9.08. The lowest BCUT2D eigenvalue weighted by molar-refractivity contribution is 1.42. The maximum absolute atomic E-state index is 5.98. The minimum Gasteiger partial charge on any atom is -0.330 e. The molecule has 0 bridgehead atoms. The van der Waals surface area contributed by atoms with Crippen molar-refractivity contribution in [2.24, 2.45) is 0 Å². The van der Waals surface area contributed by atoms with Gasteiger partial charge in [0.05, 0.1) is 15.9 Å². The van der Waals surface area contributed by atoms with Crippen LogP contribution in [0.2, 0.25) is 5.02 Å². The van der Waals surface area contributed by atoms with Crippen molar-refractivity contribution in [2.45, 2.75) is 0 Å². The summed E-state index contributed by atoms with van der Waals surface area (Å²) >= 11 is 18.1. The largest absolute Gasteiger partial charge is 0.330 e. The fourth-order valence-electron chi connectivity index (χ4n) is 1.72. The monoisotopic (exact) mass is 494 g/mol. The highest BCUT2D eigenvalue weighted by Crippen LogP contribution is 2.38. The lowest BCUT2D eigenvalue weighted by atomic mass is 10.3. The molecule has 0 aliphatic carbocycles. The van der Waals surface area contributed by atoms with E-state index in [1.165, 1.54) is 0 Å². The number of benzene rings is 2. The van der Waals surface area contributed by atoms with Crippen LogP contribution in [0, 0.1) is 0 Å². The van der Waals surface area contributed by atoms with Gasteiger partial charge in [-0.3, -0.25) is 0 Å². The third-order valence-electron chi connectivity index (χ3n) is 2.59. The van der Waals surface area contributed by atoms with Crippen molar-refractivity contribution in [2.75, 3.05) is 5.32 Å². The van der Waals surface area contributed by atoms with Crippen molar-refractivity contribution < 1.29 is 0 Å². The molecule has 0 aliphatic rings. The molecule has 0 unspecified atom stereocenters. The first-order chi connectivity index (χ1) is 9.52. The van der Waals surface area contributed by atoms with Gasteiger partial charge in [0.25, 0.3) is 0 Å². The summed E-state index contributed by atoms with van der Waals surface area (Å²) in [7, 11) is 0. The Morgan fingerprint density at radius 1 is 1.05 bits per heavy atom. The Labute approximate surface area is 149 Å². The van der Waals surface area contributed by atoms with E-state index in [1.807, 2.05) is 30.3 Å². The third-order valence-corrected chi connectivity index (χ3v) is 5.48. The molecular formula is C13H6Br3ClN2S. The van der Waals surface area contributed by atoms with E-state index in [2.05, 4.69) is 58.1 Å². The quantitative estimate of drug-likeness (QED) is 0.413. The molecule has 0 radical (unpaired) electrons. The van der Waals surface area contributed by atoms with Gasteiger partial charge >= 0.3 is 0 Å². The SMILES string of the molecule is Clc1ccc2sc(Nc3c(Br)cc(Br)cc3Br)nc2c1. The smallest absolute Gasteiger partial charge is 0.188 e. The fraction of sp³-hybridized carbons (Fsp3) is 0. The van der Waals surface area contributed by atoms with Crippen LogP contribution in [0.1, 0.15) is 0 Å². The normalized spacial score (nSPS) is 11.0. The number of nitrogens with one attached hydrogen (secondary N) is 1. The van der Waals surface area contributed by atoms with Crippen molar-refractivity contribution in [3.63, 3.8) is 0 Å². The zero-order valence-electron chi connectivity index (χ0n) is 9.75. The Hall–Kier alpha value is -0.140. The first-order valence-electron chi connectivity index (χ1n) is 5.50. The molecule has 20 heavy (non-hydrogen) atoms. The Bertz CT molecular complexity index is 780. The molecule has 102 valence electrons. The number of hydrogen-bond acceptors (Lipinski definition) is 3. The van der Waals surface area contributed by atoms with Gasteiger partial charge in [0.2, 0.25) is 0 Å². The minimum atomic E-state index is 0.695. The van der Waals surface area contributed by atoms with E-state index < -0.39 is 0 Å². The minimum absolute atomic E-state index is 0.695. The Morgan fingerprint density at radius 3 is 2.45 bits per heavy atom. The number of halogens is 4. The molecule has 0 fully saturated rings. The van der Waals surface area contributed by atoms with Gasteiger partial charge in [-0.25, -0.2) is 4.98 Å². The molecule has 1 aromatic heterocycles. The number of anilines is 2. The summed E-state index contributed by atoms with van der Waals surface area (Å²) in [6, 6.07) is 9.68. The second-order valence-corrected chi connectivity index (χ2v) is 8.09. The van der Waals surface area contributed by atoms with Gasteiger partial charge in [-0.1, -0.05) is 38.9 Å². The van der Waals surface area contributed by atoms with Crippen molar-refractivity contribution in [3.8, 4) is 0 Å². The molecule has 7 heteroatoms. The number of nitrogens with zero attached hydrogens (tertiary/aromatic N) is 1. The molecular weight excluding hydrogens is 491 g/mol. The predicted octanol–water partition coefficient (Wildman–Crippen LogP) is 6.98. The summed E-state index contributed by atoms with van der Waals surface area (Å²) in [5.41, 5.74) is 1.84. The zero-order valence-corrected chi connectivity index (χ0v) is 16.1. The standard InChI is InChI=1S/C13H6Br3ClN2S/c14-6-3-8(15)12(9(16)4-6)19-13-18-10-5-7(17)1-2-11(10)20-13/h1-5H,(H,18,19). The first kappa shape index (κ1) is 14.8. The molecule has 2 nitrogen and oxygen atoms in total. The van der Waals surface area contributed by atoms with Crippen LogP contribution in [0.15, 0.2) is 43.7 Å². The van der Waals surface area contributed by atoms with Gasteiger partial charge in [-0.2, -0.15) is 0 Å². The van der Waals surface area contributed by atoms with Crippen molar-refractivity contribution >= 4 is 91.8 Å². The lowest BCUT2D eigenvalue weighted by Gasteiger charge is -2.08. The number of thiazole rings is 1. The molecule has 0 spiro atoms. The van der Waals surface area contributed by atoms with Gasteiger partial charge in [-0.15, -0.1) is 0 Å². The zero-order chi connectivity index (χ0) is 14.3. The van der Waals surface area contributed by atoms with E-state index in [4.69, 9.17) is 11.6 Å². The lowest BCUT2D eigenvalue weighted by Crippen LogP contribution is -1.92. The van der Waals surface area contributed by atoms with Crippen LogP contribution in [-0.4, -0.2) is 4.98 Å².